The Morgan fingerprint density at radius 3 is 2.71 bits per heavy atom. The van der Waals surface area contributed by atoms with Crippen LogP contribution in [-0.4, -0.2) is 24.3 Å². The number of halogens is 1. The first-order chi connectivity index (χ1) is 7.99. The number of nitro groups is 1. The fourth-order valence-electron chi connectivity index (χ4n) is 1.27. The topological polar surface area (TPSA) is 86.5 Å². The predicted molar refractivity (Wildman–Crippen MR) is 54.2 cm³/mol. The van der Waals surface area contributed by atoms with E-state index in [0.717, 1.165) is 13.2 Å². The van der Waals surface area contributed by atoms with Crippen LogP contribution in [0.4, 0.5) is 10.1 Å². The molecule has 0 N–H and O–H groups in total. The number of nitrogens with zero attached hydrogens (tertiary/aromatic N) is 1. The Kier molecular flexibility index (Phi) is 3.86. The molecule has 0 spiro atoms. The summed E-state index contributed by atoms with van der Waals surface area (Å²) in [4.78, 5) is 31.3. The number of hydrogen-bond acceptors (Lipinski definition) is 5. The Morgan fingerprint density at radius 1 is 1.59 bits per heavy atom. The number of ether oxygens (including phenoxy) is 1. The maximum atomic E-state index is 13.3. The Bertz CT molecular complexity index is 486. The molecule has 1 aromatic rings. The highest BCUT2D eigenvalue weighted by Crippen LogP contribution is 2.21. The van der Waals surface area contributed by atoms with Gasteiger partial charge >= 0.3 is 5.97 Å². The van der Waals surface area contributed by atoms with Crippen molar-refractivity contribution in [2.45, 2.75) is 6.42 Å². The Morgan fingerprint density at radius 2 is 2.24 bits per heavy atom. The van der Waals surface area contributed by atoms with Crippen LogP contribution in [0, 0.1) is 15.9 Å². The molecule has 0 aliphatic heterocycles. The summed E-state index contributed by atoms with van der Waals surface area (Å²) < 4.78 is 17.7. The molecule has 0 radical (unpaired) electrons. The number of carbonyl (C=O) groups is 2. The molecular weight excluding hydrogens is 233 g/mol. The highest BCUT2D eigenvalue weighted by atomic mass is 19.1. The van der Waals surface area contributed by atoms with Gasteiger partial charge in [-0.05, 0) is 5.56 Å². The summed E-state index contributed by atoms with van der Waals surface area (Å²) in [6.45, 7) is 0. The van der Waals surface area contributed by atoms with Gasteiger partial charge in [0.1, 0.15) is 5.82 Å². The van der Waals surface area contributed by atoms with Gasteiger partial charge < -0.3 is 4.74 Å². The predicted octanol–water partition coefficient (Wildman–Crippen LogP) is 1.26. The van der Waals surface area contributed by atoms with Gasteiger partial charge in [0.05, 0.1) is 30.1 Å². The number of aldehydes is 1. The minimum atomic E-state index is -1.03. The van der Waals surface area contributed by atoms with Gasteiger partial charge in [0.2, 0.25) is 0 Å². The van der Waals surface area contributed by atoms with Crippen LogP contribution in [0.15, 0.2) is 12.1 Å². The quantitative estimate of drug-likeness (QED) is 0.343. The Labute approximate surface area is 95.1 Å². The molecule has 7 heteroatoms. The smallest absolute Gasteiger partial charge is 0.310 e. The summed E-state index contributed by atoms with van der Waals surface area (Å²) in [5, 5.41) is 10.5. The second kappa shape index (κ2) is 5.15. The molecule has 0 saturated heterocycles. The number of hydrogen-bond donors (Lipinski definition) is 0. The zero-order chi connectivity index (χ0) is 13.0. The Balaban J connectivity index is 3.28. The third-order valence-electron chi connectivity index (χ3n) is 2.09. The maximum absolute atomic E-state index is 13.3. The number of benzene rings is 1. The zero-order valence-corrected chi connectivity index (χ0v) is 8.81. The molecule has 1 rings (SSSR count). The molecular formula is C10H8FNO5. The standard InChI is InChI=1S/C10H8FNO5/c1-17-10(14)3-6-2-7(12(15)16)4-9(11)8(6)5-13/h2,4-5H,3H2,1H3. The minimum absolute atomic E-state index is 0.0708. The summed E-state index contributed by atoms with van der Waals surface area (Å²) in [5.41, 5.74) is -0.966. The monoisotopic (exact) mass is 241 g/mol. The van der Waals surface area contributed by atoms with Crippen LogP contribution in [0.25, 0.3) is 0 Å². The number of carbonyl (C=O) groups excluding carboxylic acids is 2. The van der Waals surface area contributed by atoms with Gasteiger partial charge in [0.25, 0.3) is 5.69 Å². The van der Waals surface area contributed by atoms with Crippen LogP contribution in [0.3, 0.4) is 0 Å². The second-order valence-corrected chi connectivity index (χ2v) is 3.13. The van der Waals surface area contributed by atoms with E-state index in [2.05, 4.69) is 4.74 Å². The molecule has 0 unspecified atom stereocenters. The first kappa shape index (κ1) is 12.8. The summed E-state index contributed by atoms with van der Waals surface area (Å²) >= 11 is 0. The van der Waals surface area contributed by atoms with Crippen molar-refractivity contribution >= 4 is 17.9 Å². The number of methoxy groups -OCH3 is 1. The van der Waals surface area contributed by atoms with E-state index in [1.807, 2.05) is 0 Å². The van der Waals surface area contributed by atoms with Gasteiger partial charge in [-0.25, -0.2) is 4.39 Å². The zero-order valence-electron chi connectivity index (χ0n) is 8.81. The highest BCUT2D eigenvalue weighted by Gasteiger charge is 2.18. The molecule has 0 aliphatic rings. The molecule has 0 heterocycles. The van der Waals surface area contributed by atoms with E-state index < -0.39 is 28.8 Å². The van der Waals surface area contributed by atoms with Crippen LogP contribution < -0.4 is 0 Å². The van der Waals surface area contributed by atoms with Crippen LogP contribution in [0.5, 0.6) is 0 Å². The third kappa shape index (κ3) is 2.83. The molecule has 90 valence electrons. The normalized spacial score (nSPS) is 9.76. The van der Waals surface area contributed by atoms with E-state index >= 15 is 0 Å². The van der Waals surface area contributed by atoms with E-state index in [4.69, 9.17) is 0 Å². The largest absolute Gasteiger partial charge is 0.469 e. The van der Waals surface area contributed by atoms with Gasteiger partial charge in [-0.15, -0.1) is 0 Å². The van der Waals surface area contributed by atoms with Crippen molar-refractivity contribution in [2.24, 2.45) is 0 Å². The van der Waals surface area contributed by atoms with Crippen LogP contribution in [-0.2, 0) is 16.0 Å². The maximum Gasteiger partial charge on any atom is 0.310 e. The van der Waals surface area contributed by atoms with Gasteiger partial charge in [-0.3, -0.25) is 19.7 Å². The molecule has 0 atom stereocenters. The van der Waals surface area contributed by atoms with Crippen molar-refractivity contribution in [1.29, 1.82) is 0 Å². The van der Waals surface area contributed by atoms with Crippen molar-refractivity contribution in [1.82, 2.24) is 0 Å². The summed E-state index contributed by atoms with van der Waals surface area (Å²) in [6.07, 6.45) is -0.194. The number of nitro benzene ring substituents is 1. The van der Waals surface area contributed by atoms with Gasteiger partial charge in [0.15, 0.2) is 6.29 Å². The molecule has 0 fully saturated rings. The second-order valence-electron chi connectivity index (χ2n) is 3.13. The fourth-order valence-corrected chi connectivity index (χ4v) is 1.27. The number of rotatable bonds is 4. The molecule has 17 heavy (non-hydrogen) atoms. The van der Waals surface area contributed by atoms with Gasteiger partial charge in [-0.2, -0.15) is 0 Å². The highest BCUT2D eigenvalue weighted by molar-refractivity contribution is 5.82. The van der Waals surface area contributed by atoms with Crippen molar-refractivity contribution in [2.75, 3.05) is 7.11 Å². The van der Waals surface area contributed by atoms with Crippen molar-refractivity contribution in [3.63, 3.8) is 0 Å². The molecule has 6 nitrogen and oxygen atoms in total. The van der Waals surface area contributed by atoms with Crippen LogP contribution in [0.2, 0.25) is 0 Å². The van der Waals surface area contributed by atoms with Crippen LogP contribution in [0.1, 0.15) is 15.9 Å². The first-order valence-electron chi connectivity index (χ1n) is 4.48. The SMILES string of the molecule is COC(=O)Cc1cc([N+](=O)[O-])cc(F)c1C=O. The van der Waals surface area contributed by atoms with E-state index in [1.165, 1.54) is 0 Å². The third-order valence-corrected chi connectivity index (χ3v) is 2.09. The first-order valence-corrected chi connectivity index (χ1v) is 4.48. The number of non-ortho nitro benzene ring substituents is 1. The average molecular weight is 241 g/mol. The molecule has 0 saturated carbocycles. The van der Waals surface area contributed by atoms with Gasteiger partial charge in [-0.1, -0.05) is 0 Å². The molecule has 0 aromatic heterocycles. The van der Waals surface area contributed by atoms with Crippen molar-refractivity contribution in [3.05, 3.63) is 39.2 Å². The van der Waals surface area contributed by atoms with E-state index in [9.17, 15) is 24.1 Å². The Hall–Kier alpha value is -2.31. The summed E-state index contributed by atoms with van der Waals surface area (Å²) in [7, 11) is 1.12. The number of esters is 1. The van der Waals surface area contributed by atoms with Crippen LogP contribution >= 0.6 is 0 Å². The molecule has 0 aliphatic carbocycles. The molecule has 0 amide bonds. The van der Waals surface area contributed by atoms with Crippen molar-refractivity contribution < 1.29 is 23.6 Å². The van der Waals surface area contributed by atoms with E-state index in [1.54, 1.807) is 0 Å². The lowest BCUT2D eigenvalue weighted by atomic mass is 10.0. The fraction of sp³-hybridized carbons (Fsp3) is 0.200. The van der Waals surface area contributed by atoms with E-state index in [0.29, 0.717) is 6.07 Å². The summed E-state index contributed by atoms with van der Waals surface area (Å²) in [6, 6.07) is 1.61. The van der Waals surface area contributed by atoms with Crippen molar-refractivity contribution in [3.8, 4) is 0 Å². The summed E-state index contributed by atoms with van der Waals surface area (Å²) in [5.74, 6) is -1.75. The lowest BCUT2D eigenvalue weighted by molar-refractivity contribution is -0.385. The minimum Gasteiger partial charge on any atom is -0.469 e. The molecule has 1 aromatic carbocycles. The van der Waals surface area contributed by atoms with E-state index in [-0.39, 0.29) is 17.4 Å². The lowest BCUT2D eigenvalue weighted by Crippen LogP contribution is -2.08. The van der Waals surface area contributed by atoms with Gasteiger partial charge in [0, 0.05) is 6.07 Å². The lowest BCUT2D eigenvalue weighted by Gasteiger charge is -2.04. The average Bonchev–Trinajstić information content (AvgIpc) is 2.28. The molecule has 0 bridgehead atoms.